The number of hydrogen-bond acceptors (Lipinski definition) is 7. The van der Waals surface area contributed by atoms with Gasteiger partial charge in [-0.1, -0.05) is 50.3 Å². The highest BCUT2D eigenvalue weighted by atomic mass is 16.6. The molecule has 0 spiro atoms. The fourth-order valence-corrected chi connectivity index (χ4v) is 3.01. The Bertz CT molecular complexity index is 610. The summed E-state index contributed by atoms with van der Waals surface area (Å²) < 4.78 is 21.8. The minimum absolute atomic E-state index is 0.0201. The SMILES string of the molecule is CO[C@@H]1COC(=O)C/C=C/[C@@H](C)[C@@H]2C=C[C@@H](O)[C@@H](COC(=O)C/C=C/[C@H]1C)O2. The Labute approximate surface area is 166 Å². The second-order valence-corrected chi connectivity index (χ2v) is 7.14. The van der Waals surface area contributed by atoms with Gasteiger partial charge in [0.15, 0.2) is 0 Å². The standard InChI is InChI=1S/C21H30O7/c1-14-6-4-8-20(23)26-12-18(25-3)15(2)7-5-9-21(24)27-13-19-16(22)10-11-17(14)28-19/h4-7,10-11,14-19,22H,8-9,12-13H2,1-3H3/b6-4+,7-5+/t14-,15-,16-,17+,18-,19-/m1/s1. The Balaban J connectivity index is 2.10. The molecule has 2 rings (SSSR count). The summed E-state index contributed by atoms with van der Waals surface area (Å²) in [6.45, 7) is 3.99. The third-order valence-electron chi connectivity index (χ3n) is 4.88. The van der Waals surface area contributed by atoms with Gasteiger partial charge in [-0.25, -0.2) is 0 Å². The largest absolute Gasteiger partial charge is 0.463 e. The van der Waals surface area contributed by atoms with E-state index < -0.39 is 18.2 Å². The summed E-state index contributed by atoms with van der Waals surface area (Å²) in [7, 11) is 1.56. The van der Waals surface area contributed by atoms with Gasteiger partial charge in [-0.2, -0.15) is 0 Å². The van der Waals surface area contributed by atoms with Crippen LogP contribution in [0.15, 0.2) is 36.5 Å². The van der Waals surface area contributed by atoms with Gasteiger partial charge in [0.05, 0.1) is 25.0 Å². The number of fused-ring (bicyclic) bond motifs is 2. The molecule has 0 aromatic carbocycles. The van der Waals surface area contributed by atoms with Crippen LogP contribution in [0.5, 0.6) is 0 Å². The van der Waals surface area contributed by atoms with Gasteiger partial charge in [-0.3, -0.25) is 9.59 Å². The van der Waals surface area contributed by atoms with E-state index in [4.69, 9.17) is 18.9 Å². The van der Waals surface area contributed by atoms with E-state index in [1.165, 1.54) is 0 Å². The predicted octanol–water partition coefficient (Wildman–Crippen LogP) is 1.95. The molecule has 0 saturated heterocycles. The predicted molar refractivity (Wildman–Crippen MR) is 102 cm³/mol. The molecule has 6 atom stereocenters. The van der Waals surface area contributed by atoms with Gasteiger partial charge in [0.25, 0.3) is 0 Å². The van der Waals surface area contributed by atoms with E-state index in [2.05, 4.69) is 0 Å². The van der Waals surface area contributed by atoms with E-state index in [0.717, 1.165) is 0 Å². The monoisotopic (exact) mass is 394 g/mol. The molecule has 0 unspecified atom stereocenters. The highest BCUT2D eigenvalue weighted by molar-refractivity contribution is 5.71. The molecule has 156 valence electrons. The van der Waals surface area contributed by atoms with Crippen LogP contribution in [0.25, 0.3) is 0 Å². The van der Waals surface area contributed by atoms with Gasteiger partial charge in [0.1, 0.15) is 25.4 Å². The lowest BCUT2D eigenvalue weighted by Crippen LogP contribution is -2.40. The molecule has 7 nitrogen and oxygen atoms in total. The van der Waals surface area contributed by atoms with Crippen LogP contribution in [0, 0.1) is 11.8 Å². The summed E-state index contributed by atoms with van der Waals surface area (Å²) in [5, 5.41) is 10.1. The van der Waals surface area contributed by atoms with Gasteiger partial charge >= 0.3 is 11.9 Å². The number of aliphatic hydroxyl groups excluding tert-OH is 1. The smallest absolute Gasteiger partial charge is 0.309 e. The first kappa shape index (κ1) is 22.3. The van der Waals surface area contributed by atoms with Crippen molar-refractivity contribution >= 4 is 11.9 Å². The topological polar surface area (TPSA) is 91.3 Å². The average Bonchev–Trinajstić information content (AvgIpc) is 2.67. The Morgan fingerprint density at radius 1 is 0.929 bits per heavy atom. The second kappa shape index (κ2) is 11.1. The van der Waals surface area contributed by atoms with Gasteiger partial charge in [-0.15, -0.1) is 0 Å². The zero-order valence-electron chi connectivity index (χ0n) is 16.7. The number of ether oxygens (including phenoxy) is 4. The molecule has 0 aliphatic carbocycles. The Hall–Kier alpha value is -1.96. The molecule has 2 aliphatic heterocycles. The molecule has 0 aromatic heterocycles. The molecule has 28 heavy (non-hydrogen) atoms. The third kappa shape index (κ3) is 6.89. The van der Waals surface area contributed by atoms with E-state index >= 15 is 0 Å². The Morgan fingerprint density at radius 2 is 1.54 bits per heavy atom. The lowest BCUT2D eigenvalue weighted by Gasteiger charge is -2.31. The van der Waals surface area contributed by atoms with E-state index in [1.807, 2.05) is 26.0 Å². The van der Waals surface area contributed by atoms with Crippen molar-refractivity contribution in [3.05, 3.63) is 36.5 Å². The highest BCUT2D eigenvalue weighted by Crippen LogP contribution is 2.21. The summed E-state index contributed by atoms with van der Waals surface area (Å²) in [4.78, 5) is 23.9. The lowest BCUT2D eigenvalue weighted by molar-refractivity contribution is -0.153. The number of aliphatic hydroxyl groups is 1. The van der Waals surface area contributed by atoms with Crippen LogP contribution in [0.1, 0.15) is 26.7 Å². The van der Waals surface area contributed by atoms with Gasteiger partial charge < -0.3 is 24.1 Å². The van der Waals surface area contributed by atoms with Crippen molar-refractivity contribution in [1.82, 2.24) is 0 Å². The highest BCUT2D eigenvalue weighted by Gasteiger charge is 2.29. The molecule has 2 heterocycles. The fourth-order valence-electron chi connectivity index (χ4n) is 3.01. The molecule has 2 aliphatic rings. The van der Waals surface area contributed by atoms with Crippen molar-refractivity contribution in [2.45, 2.75) is 51.1 Å². The van der Waals surface area contributed by atoms with E-state index in [-0.39, 0.29) is 56.1 Å². The van der Waals surface area contributed by atoms with Crippen LogP contribution in [0.2, 0.25) is 0 Å². The molecule has 0 amide bonds. The quantitative estimate of drug-likeness (QED) is 0.537. The molecule has 2 bridgehead atoms. The summed E-state index contributed by atoms with van der Waals surface area (Å²) >= 11 is 0. The van der Waals surface area contributed by atoms with Crippen LogP contribution in [0.3, 0.4) is 0 Å². The summed E-state index contributed by atoms with van der Waals surface area (Å²) in [6.07, 6.45) is 8.80. The van der Waals surface area contributed by atoms with Crippen molar-refractivity contribution in [3.8, 4) is 0 Å². The molecule has 0 radical (unpaired) electrons. The number of cyclic esters (lactones) is 2. The van der Waals surface area contributed by atoms with Crippen molar-refractivity contribution in [2.24, 2.45) is 11.8 Å². The van der Waals surface area contributed by atoms with E-state index in [0.29, 0.717) is 0 Å². The number of rotatable bonds is 1. The molecule has 7 heteroatoms. The first-order valence-corrected chi connectivity index (χ1v) is 9.60. The van der Waals surface area contributed by atoms with Gasteiger partial charge in [0.2, 0.25) is 0 Å². The maximum atomic E-state index is 12.0. The maximum absolute atomic E-state index is 12.0. The number of methoxy groups -OCH3 is 1. The van der Waals surface area contributed by atoms with Crippen molar-refractivity contribution in [3.63, 3.8) is 0 Å². The third-order valence-corrected chi connectivity index (χ3v) is 4.88. The van der Waals surface area contributed by atoms with Crippen LogP contribution < -0.4 is 0 Å². The zero-order valence-corrected chi connectivity index (χ0v) is 16.7. The molecule has 0 saturated carbocycles. The van der Waals surface area contributed by atoms with Crippen molar-refractivity contribution in [2.75, 3.05) is 20.3 Å². The fraction of sp³-hybridized carbons (Fsp3) is 0.619. The molecule has 1 N–H and O–H groups in total. The number of esters is 2. The summed E-state index contributed by atoms with van der Waals surface area (Å²) in [6, 6.07) is 0. The summed E-state index contributed by atoms with van der Waals surface area (Å²) in [5.41, 5.74) is 0. The Morgan fingerprint density at radius 3 is 2.18 bits per heavy atom. The molecular formula is C21H30O7. The number of carbonyl (C=O) groups excluding carboxylic acids is 2. The van der Waals surface area contributed by atoms with Crippen LogP contribution >= 0.6 is 0 Å². The number of carbonyl (C=O) groups is 2. The van der Waals surface area contributed by atoms with Crippen LogP contribution in [0.4, 0.5) is 0 Å². The zero-order chi connectivity index (χ0) is 20.5. The maximum Gasteiger partial charge on any atom is 0.309 e. The van der Waals surface area contributed by atoms with Gasteiger partial charge in [0, 0.05) is 18.9 Å². The van der Waals surface area contributed by atoms with Crippen molar-refractivity contribution in [1.29, 1.82) is 0 Å². The van der Waals surface area contributed by atoms with Crippen molar-refractivity contribution < 1.29 is 33.6 Å². The van der Waals surface area contributed by atoms with Crippen LogP contribution in [-0.4, -0.2) is 61.8 Å². The first-order chi connectivity index (χ1) is 13.4. The summed E-state index contributed by atoms with van der Waals surface area (Å²) in [5.74, 6) is -0.808. The van der Waals surface area contributed by atoms with Crippen LogP contribution in [-0.2, 0) is 28.5 Å². The molecule has 0 fully saturated rings. The van der Waals surface area contributed by atoms with E-state index in [1.54, 1.807) is 31.4 Å². The number of hydrogen-bond donors (Lipinski definition) is 1. The first-order valence-electron chi connectivity index (χ1n) is 9.60. The average molecular weight is 394 g/mol. The van der Waals surface area contributed by atoms with Gasteiger partial charge in [-0.05, 0) is 0 Å². The minimum atomic E-state index is -0.834. The Kier molecular flexibility index (Phi) is 8.89. The molecular weight excluding hydrogens is 364 g/mol. The normalized spacial score (nSPS) is 37.9. The van der Waals surface area contributed by atoms with E-state index in [9.17, 15) is 14.7 Å². The molecule has 0 aromatic rings. The minimum Gasteiger partial charge on any atom is -0.463 e. The lowest BCUT2D eigenvalue weighted by atomic mass is 9.99. The second-order valence-electron chi connectivity index (χ2n) is 7.14.